The molecule has 0 unspecified atom stereocenters. The molecule has 0 aliphatic carbocycles. The molecule has 0 fully saturated rings. The standard InChI is InChI=1S/C18H37.BrH.Zn/c1-3-5-7-9-11-13-15-17-18-16-14-12-10-8-6-4-2;;/h1,3-18H2,2H3;1H;/p-1. The third-order valence-corrected chi connectivity index (χ3v) is 3.85. The van der Waals surface area contributed by atoms with Crippen molar-refractivity contribution in [3.05, 3.63) is 6.92 Å². The van der Waals surface area contributed by atoms with Gasteiger partial charge in [-0.05, 0) is 0 Å². The first-order valence-electron chi connectivity index (χ1n) is 8.71. The van der Waals surface area contributed by atoms with Crippen LogP contribution in [-0.2, 0) is 19.5 Å². The SMILES string of the molecule is [Br-].[CH2]CCCCCCCCCCCCCCCCC.[Zn]. The van der Waals surface area contributed by atoms with Crippen molar-refractivity contribution >= 4 is 0 Å². The maximum absolute atomic E-state index is 3.88. The predicted molar refractivity (Wildman–Crippen MR) is 84.9 cm³/mol. The van der Waals surface area contributed by atoms with Crippen molar-refractivity contribution in [1.82, 2.24) is 0 Å². The van der Waals surface area contributed by atoms with E-state index in [2.05, 4.69) is 13.8 Å². The Hall–Kier alpha value is 1.10. The fourth-order valence-electron chi connectivity index (χ4n) is 2.55. The van der Waals surface area contributed by atoms with Crippen LogP contribution in [0.15, 0.2) is 0 Å². The summed E-state index contributed by atoms with van der Waals surface area (Å²) in [6, 6.07) is 0. The van der Waals surface area contributed by atoms with Crippen LogP contribution in [-0.4, -0.2) is 0 Å². The third kappa shape index (κ3) is 24.1. The number of unbranched alkanes of at least 4 members (excludes halogenated alkanes) is 15. The Morgan fingerprint density at radius 2 is 0.750 bits per heavy atom. The van der Waals surface area contributed by atoms with E-state index in [1.807, 2.05) is 0 Å². The topological polar surface area (TPSA) is 0 Å². The van der Waals surface area contributed by atoms with E-state index in [1.54, 1.807) is 0 Å². The Kier molecular flexibility index (Phi) is 32.6. The van der Waals surface area contributed by atoms with Gasteiger partial charge >= 0.3 is 0 Å². The maximum Gasteiger partial charge on any atom is 0 e. The molecule has 0 N–H and O–H groups in total. The van der Waals surface area contributed by atoms with E-state index in [4.69, 9.17) is 0 Å². The molecular formula is C18H37BrZn-. The molecule has 0 aromatic heterocycles. The minimum Gasteiger partial charge on any atom is -1.00 e. The molecule has 0 aromatic rings. The molecular weight excluding hydrogens is 361 g/mol. The fraction of sp³-hybridized carbons (Fsp3) is 0.944. The summed E-state index contributed by atoms with van der Waals surface area (Å²) >= 11 is 0. The van der Waals surface area contributed by atoms with Gasteiger partial charge in [-0.3, -0.25) is 0 Å². The summed E-state index contributed by atoms with van der Waals surface area (Å²) in [5.41, 5.74) is 0. The summed E-state index contributed by atoms with van der Waals surface area (Å²) in [4.78, 5) is 0. The van der Waals surface area contributed by atoms with Gasteiger partial charge in [0.05, 0.1) is 0 Å². The molecule has 0 amide bonds. The van der Waals surface area contributed by atoms with Gasteiger partial charge in [-0.2, -0.15) is 0 Å². The van der Waals surface area contributed by atoms with Crippen LogP contribution >= 0.6 is 0 Å². The summed E-state index contributed by atoms with van der Waals surface area (Å²) in [6.07, 6.45) is 22.8. The molecule has 0 rings (SSSR count). The zero-order valence-corrected chi connectivity index (χ0v) is 18.7. The third-order valence-electron chi connectivity index (χ3n) is 3.85. The molecule has 0 saturated carbocycles. The van der Waals surface area contributed by atoms with Gasteiger partial charge in [0, 0.05) is 19.5 Å². The van der Waals surface area contributed by atoms with Gasteiger partial charge in [0.1, 0.15) is 0 Å². The van der Waals surface area contributed by atoms with Gasteiger partial charge in [0.15, 0.2) is 0 Å². The monoisotopic (exact) mass is 396 g/mol. The van der Waals surface area contributed by atoms with Crippen LogP contribution in [0.4, 0.5) is 0 Å². The normalized spacial score (nSPS) is 9.90. The molecule has 0 aliphatic rings. The van der Waals surface area contributed by atoms with Gasteiger partial charge in [-0.25, -0.2) is 0 Å². The Morgan fingerprint density at radius 3 is 1.00 bits per heavy atom. The van der Waals surface area contributed by atoms with Gasteiger partial charge in [-0.1, -0.05) is 117 Å². The Morgan fingerprint density at radius 1 is 0.500 bits per heavy atom. The van der Waals surface area contributed by atoms with Crippen LogP contribution in [0.5, 0.6) is 0 Å². The van der Waals surface area contributed by atoms with Gasteiger partial charge in [-0.15, -0.1) is 0 Å². The first-order chi connectivity index (χ1) is 8.91. The minimum absolute atomic E-state index is 0. The van der Waals surface area contributed by atoms with E-state index in [0.29, 0.717) is 0 Å². The molecule has 0 aromatic carbocycles. The van der Waals surface area contributed by atoms with Gasteiger partial charge < -0.3 is 17.0 Å². The second kappa shape index (κ2) is 25.1. The summed E-state index contributed by atoms with van der Waals surface area (Å²) in [5.74, 6) is 0. The first-order valence-corrected chi connectivity index (χ1v) is 8.71. The van der Waals surface area contributed by atoms with Crippen LogP contribution in [0, 0.1) is 6.92 Å². The average Bonchev–Trinajstić information content (AvgIpc) is 2.39. The molecule has 2 heteroatoms. The second-order valence-electron chi connectivity index (χ2n) is 5.80. The molecule has 0 spiro atoms. The molecule has 119 valence electrons. The zero-order valence-electron chi connectivity index (χ0n) is 14.1. The quantitative estimate of drug-likeness (QED) is 0.288. The molecule has 0 heterocycles. The van der Waals surface area contributed by atoms with Crippen molar-refractivity contribution < 1.29 is 36.5 Å². The van der Waals surface area contributed by atoms with Crippen molar-refractivity contribution in [1.29, 1.82) is 0 Å². The van der Waals surface area contributed by atoms with E-state index in [9.17, 15) is 0 Å². The Balaban J connectivity index is -0.00000144. The molecule has 20 heavy (non-hydrogen) atoms. The van der Waals surface area contributed by atoms with E-state index >= 15 is 0 Å². The number of hydrogen-bond donors (Lipinski definition) is 0. The van der Waals surface area contributed by atoms with Crippen molar-refractivity contribution in [3.63, 3.8) is 0 Å². The Bertz CT molecular complexity index is 123. The van der Waals surface area contributed by atoms with Crippen molar-refractivity contribution in [2.24, 2.45) is 0 Å². The fourth-order valence-corrected chi connectivity index (χ4v) is 2.55. The largest absolute Gasteiger partial charge is 1.00 e. The Labute approximate surface area is 152 Å². The average molecular weight is 399 g/mol. The first kappa shape index (κ1) is 26.0. The van der Waals surface area contributed by atoms with E-state index < -0.39 is 0 Å². The van der Waals surface area contributed by atoms with E-state index in [-0.39, 0.29) is 36.5 Å². The zero-order chi connectivity index (χ0) is 13.3. The summed E-state index contributed by atoms with van der Waals surface area (Å²) < 4.78 is 0. The van der Waals surface area contributed by atoms with Crippen LogP contribution in [0.25, 0.3) is 0 Å². The van der Waals surface area contributed by atoms with Crippen LogP contribution in [0.3, 0.4) is 0 Å². The van der Waals surface area contributed by atoms with Crippen molar-refractivity contribution in [2.75, 3.05) is 0 Å². The number of hydrogen-bond acceptors (Lipinski definition) is 0. The molecule has 0 atom stereocenters. The van der Waals surface area contributed by atoms with Crippen LogP contribution < -0.4 is 17.0 Å². The molecule has 0 nitrogen and oxygen atoms in total. The van der Waals surface area contributed by atoms with E-state index in [1.165, 1.54) is 96.3 Å². The van der Waals surface area contributed by atoms with Crippen molar-refractivity contribution in [2.45, 2.75) is 110 Å². The molecule has 0 aliphatic heterocycles. The van der Waals surface area contributed by atoms with E-state index in [0.717, 1.165) is 6.42 Å². The van der Waals surface area contributed by atoms with Crippen molar-refractivity contribution in [3.8, 4) is 0 Å². The summed E-state index contributed by atoms with van der Waals surface area (Å²) in [6.45, 7) is 6.18. The van der Waals surface area contributed by atoms with Crippen LogP contribution in [0.2, 0.25) is 0 Å². The predicted octanol–water partition coefficient (Wildman–Crippen LogP) is 4.08. The maximum atomic E-state index is 3.88. The second-order valence-corrected chi connectivity index (χ2v) is 5.80. The summed E-state index contributed by atoms with van der Waals surface area (Å²) in [7, 11) is 0. The number of rotatable bonds is 15. The van der Waals surface area contributed by atoms with Crippen LogP contribution in [0.1, 0.15) is 110 Å². The number of halogens is 1. The molecule has 1 radical (unpaired) electrons. The molecule has 0 bridgehead atoms. The van der Waals surface area contributed by atoms with Gasteiger partial charge in [0.2, 0.25) is 0 Å². The molecule has 0 saturated heterocycles. The minimum atomic E-state index is 0. The van der Waals surface area contributed by atoms with Gasteiger partial charge in [0.25, 0.3) is 0 Å². The summed E-state index contributed by atoms with van der Waals surface area (Å²) in [5, 5.41) is 0. The smallest absolute Gasteiger partial charge is 0 e.